The number of carboxylic acids is 1. The Morgan fingerprint density at radius 3 is 2.44 bits per heavy atom. The summed E-state index contributed by atoms with van der Waals surface area (Å²) in [4.78, 5) is 10.5. The second-order valence-electron chi connectivity index (χ2n) is 4.56. The van der Waals surface area contributed by atoms with E-state index >= 15 is 0 Å². The summed E-state index contributed by atoms with van der Waals surface area (Å²) in [5, 5.41) is 8.60. The fourth-order valence-corrected chi connectivity index (χ4v) is 2.95. The van der Waals surface area contributed by atoms with Crippen LogP contribution in [0.3, 0.4) is 0 Å². The molecule has 0 aromatic rings. The van der Waals surface area contributed by atoms with E-state index in [2.05, 4.69) is 4.72 Å². The van der Waals surface area contributed by atoms with Gasteiger partial charge in [-0.2, -0.15) is 0 Å². The zero-order valence-corrected chi connectivity index (χ0v) is 12.1. The number of hydrogen-bond donors (Lipinski definition) is 2. The molecule has 0 amide bonds. The molecule has 0 rings (SSSR count). The zero-order valence-electron chi connectivity index (χ0n) is 11.3. The van der Waals surface area contributed by atoms with Gasteiger partial charge in [-0.15, -0.1) is 0 Å². The lowest BCUT2D eigenvalue weighted by atomic mass is 9.97. The van der Waals surface area contributed by atoms with Gasteiger partial charge in [0, 0.05) is 13.0 Å². The van der Waals surface area contributed by atoms with Crippen molar-refractivity contribution in [3.8, 4) is 0 Å². The molecule has 0 radical (unpaired) electrons. The molecule has 0 saturated carbocycles. The van der Waals surface area contributed by atoms with Crippen molar-refractivity contribution in [3.05, 3.63) is 0 Å². The first kappa shape index (κ1) is 17.4. The zero-order chi connectivity index (χ0) is 14.0. The summed E-state index contributed by atoms with van der Waals surface area (Å²) in [6, 6.07) is 0. The molecule has 0 bridgehead atoms. The Kier molecular flexibility index (Phi) is 9.01. The Morgan fingerprint density at radius 2 is 1.94 bits per heavy atom. The van der Waals surface area contributed by atoms with Crippen LogP contribution in [-0.4, -0.2) is 31.8 Å². The number of hydrogen-bond acceptors (Lipinski definition) is 3. The van der Waals surface area contributed by atoms with Gasteiger partial charge in [-0.05, 0) is 25.2 Å². The normalized spacial score (nSPS) is 13.4. The second-order valence-corrected chi connectivity index (χ2v) is 6.49. The monoisotopic (exact) mass is 279 g/mol. The molecule has 0 aliphatic rings. The predicted molar refractivity (Wildman–Crippen MR) is 72.0 cm³/mol. The van der Waals surface area contributed by atoms with Crippen LogP contribution in [0, 0.1) is 5.92 Å². The molecule has 1 unspecified atom stereocenters. The van der Waals surface area contributed by atoms with Gasteiger partial charge in [-0.25, -0.2) is 13.1 Å². The quantitative estimate of drug-likeness (QED) is 0.606. The molecule has 18 heavy (non-hydrogen) atoms. The minimum Gasteiger partial charge on any atom is -0.481 e. The minimum absolute atomic E-state index is 0.154. The van der Waals surface area contributed by atoms with E-state index in [0.29, 0.717) is 25.8 Å². The van der Waals surface area contributed by atoms with Crippen molar-refractivity contribution in [2.24, 2.45) is 5.92 Å². The van der Waals surface area contributed by atoms with Crippen LogP contribution in [0.5, 0.6) is 0 Å². The first-order valence-corrected chi connectivity index (χ1v) is 8.25. The number of carboxylic acid groups (broad SMARTS) is 1. The Bertz CT molecular complexity index is 327. The molecule has 108 valence electrons. The summed E-state index contributed by atoms with van der Waals surface area (Å²) in [6.45, 7) is 4.36. The van der Waals surface area contributed by atoms with E-state index in [-0.39, 0.29) is 18.1 Å². The lowest BCUT2D eigenvalue weighted by Gasteiger charge is -2.14. The van der Waals surface area contributed by atoms with E-state index in [1.165, 1.54) is 0 Å². The fourth-order valence-electron chi connectivity index (χ4n) is 1.71. The van der Waals surface area contributed by atoms with Gasteiger partial charge in [0.15, 0.2) is 0 Å². The summed E-state index contributed by atoms with van der Waals surface area (Å²) in [5.41, 5.74) is 0. The van der Waals surface area contributed by atoms with Crippen molar-refractivity contribution in [3.63, 3.8) is 0 Å². The highest BCUT2D eigenvalue weighted by atomic mass is 32.2. The van der Waals surface area contributed by atoms with Crippen molar-refractivity contribution in [2.45, 2.75) is 52.4 Å². The number of nitrogens with one attached hydrogen (secondary N) is 1. The first-order valence-electron chi connectivity index (χ1n) is 6.60. The average Bonchev–Trinajstić information content (AvgIpc) is 2.30. The number of unbranched alkanes of at least 4 members (excludes halogenated alkanes) is 1. The molecule has 6 heteroatoms. The third-order valence-electron chi connectivity index (χ3n) is 2.98. The molecule has 5 nitrogen and oxygen atoms in total. The third-order valence-corrected chi connectivity index (χ3v) is 4.46. The van der Waals surface area contributed by atoms with Crippen molar-refractivity contribution < 1.29 is 18.3 Å². The van der Waals surface area contributed by atoms with E-state index in [0.717, 1.165) is 12.8 Å². The highest BCUT2D eigenvalue weighted by Gasteiger charge is 2.12. The van der Waals surface area contributed by atoms with Crippen LogP contribution in [0.15, 0.2) is 0 Å². The SMILES string of the molecule is CCCCS(=O)(=O)NCCC(CC)CCC(=O)O. The van der Waals surface area contributed by atoms with Gasteiger partial charge in [0.05, 0.1) is 5.75 Å². The summed E-state index contributed by atoms with van der Waals surface area (Å²) < 4.78 is 25.6. The molecule has 0 fully saturated rings. The summed E-state index contributed by atoms with van der Waals surface area (Å²) in [6.07, 6.45) is 3.88. The molecular weight excluding hydrogens is 254 g/mol. The molecule has 0 aromatic carbocycles. The number of sulfonamides is 1. The van der Waals surface area contributed by atoms with E-state index in [4.69, 9.17) is 5.11 Å². The van der Waals surface area contributed by atoms with Gasteiger partial charge in [0.1, 0.15) is 0 Å². The van der Waals surface area contributed by atoms with Gasteiger partial charge < -0.3 is 5.11 Å². The molecule has 1 atom stereocenters. The summed E-state index contributed by atoms with van der Waals surface area (Å²) >= 11 is 0. The lowest BCUT2D eigenvalue weighted by molar-refractivity contribution is -0.137. The van der Waals surface area contributed by atoms with Gasteiger partial charge >= 0.3 is 5.97 Å². The van der Waals surface area contributed by atoms with Crippen LogP contribution in [0.2, 0.25) is 0 Å². The molecule has 0 aliphatic heterocycles. The number of aliphatic carboxylic acids is 1. The Labute approximate surface area is 110 Å². The number of carbonyl (C=O) groups is 1. The molecule has 2 N–H and O–H groups in total. The van der Waals surface area contributed by atoms with Crippen LogP contribution < -0.4 is 4.72 Å². The number of rotatable bonds is 11. The van der Waals surface area contributed by atoms with E-state index in [1.807, 2.05) is 13.8 Å². The van der Waals surface area contributed by atoms with Crippen LogP contribution in [-0.2, 0) is 14.8 Å². The molecule has 0 spiro atoms. The molecular formula is C12H25NO4S. The second kappa shape index (κ2) is 9.33. The van der Waals surface area contributed by atoms with Gasteiger partial charge in [0.25, 0.3) is 0 Å². The molecule has 0 heterocycles. The summed E-state index contributed by atoms with van der Waals surface area (Å²) in [5.74, 6) is -0.345. The highest BCUT2D eigenvalue weighted by Crippen LogP contribution is 2.14. The van der Waals surface area contributed by atoms with E-state index in [1.54, 1.807) is 0 Å². The maximum absolute atomic E-state index is 11.5. The van der Waals surface area contributed by atoms with E-state index < -0.39 is 16.0 Å². The predicted octanol–water partition coefficient (Wildman–Crippen LogP) is 1.99. The van der Waals surface area contributed by atoms with Gasteiger partial charge in [0.2, 0.25) is 10.0 Å². The average molecular weight is 279 g/mol. The van der Waals surface area contributed by atoms with Crippen LogP contribution in [0.1, 0.15) is 52.4 Å². The van der Waals surface area contributed by atoms with Crippen LogP contribution >= 0.6 is 0 Å². The van der Waals surface area contributed by atoms with Crippen LogP contribution in [0.25, 0.3) is 0 Å². The van der Waals surface area contributed by atoms with Gasteiger partial charge in [-0.1, -0.05) is 26.7 Å². The Morgan fingerprint density at radius 1 is 1.28 bits per heavy atom. The Balaban J connectivity index is 3.88. The fraction of sp³-hybridized carbons (Fsp3) is 0.917. The standard InChI is InChI=1S/C12H25NO4S/c1-3-5-10-18(16,17)13-9-8-11(4-2)6-7-12(14)15/h11,13H,3-10H2,1-2H3,(H,14,15). The third kappa shape index (κ3) is 9.41. The van der Waals surface area contributed by atoms with Crippen LogP contribution in [0.4, 0.5) is 0 Å². The minimum atomic E-state index is -3.15. The summed E-state index contributed by atoms with van der Waals surface area (Å²) in [7, 11) is -3.15. The molecule has 0 aliphatic carbocycles. The first-order chi connectivity index (χ1) is 8.41. The topological polar surface area (TPSA) is 83.5 Å². The van der Waals surface area contributed by atoms with Crippen molar-refractivity contribution in [2.75, 3.05) is 12.3 Å². The Hall–Kier alpha value is -0.620. The van der Waals surface area contributed by atoms with Crippen molar-refractivity contribution in [1.29, 1.82) is 0 Å². The van der Waals surface area contributed by atoms with Gasteiger partial charge in [-0.3, -0.25) is 4.79 Å². The lowest BCUT2D eigenvalue weighted by Crippen LogP contribution is -2.28. The maximum atomic E-state index is 11.5. The largest absolute Gasteiger partial charge is 0.481 e. The van der Waals surface area contributed by atoms with E-state index in [9.17, 15) is 13.2 Å². The molecule has 0 aromatic heterocycles. The van der Waals surface area contributed by atoms with Crippen molar-refractivity contribution >= 4 is 16.0 Å². The van der Waals surface area contributed by atoms with Crippen molar-refractivity contribution in [1.82, 2.24) is 4.72 Å². The molecule has 0 saturated heterocycles. The smallest absolute Gasteiger partial charge is 0.303 e. The highest BCUT2D eigenvalue weighted by molar-refractivity contribution is 7.89. The maximum Gasteiger partial charge on any atom is 0.303 e.